The number of aryl methyl sites for hydroxylation is 2. The smallest absolute Gasteiger partial charge is 0.263 e. The van der Waals surface area contributed by atoms with E-state index in [0.717, 1.165) is 11.3 Å². The largest absolute Gasteiger partial charge is 0.481 e. The summed E-state index contributed by atoms with van der Waals surface area (Å²) in [6.45, 7) is 6.67. The summed E-state index contributed by atoms with van der Waals surface area (Å²) in [7, 11) is 1.82. The minimum atomic E-state index is -0.453. The fourth-order valence-corrected chi connectivity index (χ4v) is 2.44. The normalized spacial score (nSPS) is 11.8. The van der Waals surface area contributed by atoms with Crippen LogP contribution in [0, 0.1) is 13.8 Å². The molecule has 3 heteroatoms. The van der Waals surface area contributed by atoms with E-state index in [2.05, 4.69) is 6.92 Å². The molecule has 1 atom stereocenters. The summed E-state index contributed by atoms with van der Waals surface area (Å²) in [4.78, 5) is 14.4. The number of benzene rings is 2. The van der Waals surface area contributed by atoms with Crippen LogP contribution in [0.25, 0.3) is 0 Å². The molecule has 0 aromatic heterocycles. The standard InChI is InChI=1S/C20H25NO2/c1-5-19(23-18-12-11-15(2)16(3)13-18)20(22)21(4)14-17-9-7-6-8-10-17/h6-13,19H,5,14H2,1-4H3/t19-/m0/s1. The van der Waals surface area contributed by atoms with Gasteiger partial charge in [0.25, 0.3) is 5.91 Å². The third-order valence-corrected chi connectivity index (χ3v) is 4.04. The van der Waals surface area contributed by atoms with Crippen LogP contribution >= 0.6 is 0 Å². The topological polar surface area (TPSA) is 29.5 Å². The number of nitrogens with zero attached hydrogens (tertiary/aromatic N) is 1. The maximum atomic E-state index is 12.6. The molecular weight excluding hydrogens is 286 g/mol. The molecule has 0 unspecified atom stereocenters. The average Bonchev–Trinajstić information content (AvgIpc) is 2.56. The van der Waals surface area contributed by atoms with Crippen LogP contribution in [0.2, 0.25) is 0 Å². The van der Waals surface area contributed by atoms with E-state index in [-0.39, 0.29) is 5.91 Å². The SMILES string of the molecule is CC[C@H](Oc1ccc(C)c(C)c1)C(=O)N(C)Cc1ccccc1. The van der Waals surface area contributed by atoms with Crippen LogP contribution in [0.3, 0.4) is 0 Å². The van der Waals surface area contributed by atoms with Gasteiger partial charge in [-0.25, -0.2) is 0 Å². The average molecular weight is 311 g/mol. The second-order valence-electron chi connectivity index (χ2n) is 5.94. The van der Waals surface area contributed by atoms with Crippen molar-refractivity contribution in [1.82, 2.24) is 4.90 Å². The van der Waals surface area contributed by atoms with Gasteiger partial charge < -0.3 is 9.64 Å². The first kappa shape index (κ1) is 17.1. The Labute approximate surface area is 138 Å². The van der Waals surface area contributed by atoms with E-state index in [1.54, 1.807) is 4.90 Å². The maximum absolute atomic E-state index is 12.6. The first-order valence-electron chi connectivity index (χ1n) is 8.04. The van der Waals surface area contributed by atoms with Crippen LogP contribution in [0.1, 0.15) is 30.0 Å². The van der Waals surface area contributed by atoms with Crippen LogP contribution < -0.4 is 4.74 Å². The maximum Gasteiger partial charge on any atom is 0.263 e. The highest BCUT2D eigenvalue weighted by Crippen LogP contribution is 2.19. The van der Waals surface area contributed by atoms with Gasteiger partial charge in [-0.2, -0.15) is 0 Å². The lowest BCUT2D eigenvalue weighted by molar-refractivity contribution is -0.138. The predicted molar refractivity (Wildman–Crippen MR) is 93.5 cm³/mol. The second kappa shape index (κ2) is 7.82. The number of carbonyl (C=O) groups is 1. The lowest BCUT2D eigenvalue weighted by Gasteiger charge is -2.24. The van der Waals surface area contributed by atoms with Gasteiger partial charge in [-0.15, -0.1) is 0 Å². The van der Waals surface area contributed by atoms with Crippen molar-refractivity contribution in [3.8, 4) is 5.75 Å². The number of rotatable bonds is 6. The van der Waals surface area contributed by atoms with E-state index in [1.807, 2.05) is 69.4 Å². The third kappa shape index (κ3) is 4.59. The first-order chi connectivity index (χ1) is 11.0. The molecule has 0 spiro atoms. The highest BCUT2D eigenvalue weighted by molar-refractivity contribution is 5.81. The van der Waals surface area contributed by atoms with Gasteiger partial charge in [0, 0.05) is 13.6 Å². The quantitative estimate of drug-likeness (QED) is 0.803. The molecule has 0 saturated carbocycles. The molecule has 0 N–H and O–H groups in total. The zero-order valence-electron chi connectivity index (χ0n) is 14.4. The van der Waals surface area contributed by atoms with Gasteiger partial charge in [-0.1, -0.05) is 43.3 Å². The zero-order chi connectivity index (χ0) is 16.8. The molecule has 23 heavy (non-hydrogen) atoms. The minimum Gasteiger partial charge on any atom is -0.481 e. The van der Waals surface area contributed by atoms with Crippen molar-refractivity contribution in [3.05, 3.63) is 65.2 Å². The van der Waals surface area contributed by atoms with Crippen molar-refractivity contribution in [3.63, 3.8) is 0 Å². The molecular formula is C20H25NO2. The van der Waals surface area contributed by atoms with Crippen molar-refractivity contribution >= 4 is 5.91 Å². The van der Waals surface area contributed by atoms with Gasteiger partial charge in [0.15, 0.2) is 6.10 Å². The van der Waals surface area contributed by atoms with E-state index in [9.17, 15) is 4.79 Å². The fourth-order valence-electron chi connectivity index (χ4n) is 2.44. The van der Waals surface area contributed by atoms with Gasteiger partial charge in [-0.3, -0.25) is 4.79 Å². The molecule has 0 aliphatic rings. The van der Waals surface area contributed by atoms with Gasteiger partial charge in [0.2, 0.25) is 0 Å². The third-order valence-electron chi connectivity index (χ3n) is 4.04. The Bertz CT molecular complexity index is 652. The Morgan fingerprint density at radius 3 is 2.39 bits per heavy atom. The van der Waals surface area contributed by atoms with E-state index < -0.39 is 6.10 Å². The second-order valence-corrected chi connectivity index (χ2v) is 5.94. The first-order valence-corrected chi connectivity index (χ1v) is 8.04. The number of hydrogen-bond acceptors (Lipinski definition) is 2. The zero-order valence-corrected chi connectivity index (χ0v) is 14.4. The van der Waals surface area contributed by atoms with Gasteiger partial charge in [0.1, 0.15) is 5.75 Å². The summed E-state index contributed by atoms with van der Waals surface area (Å²) in [5.41, 5.74) is 3.50. The fraction of sp³-hybridized carbons (Fsp3) is 0.350. The highest BCUT2D eigenvalue weighted by Gasteiger charge is 2.22. The van der Waals surface area contributed by atoms with Crippen LogP contribution in [0.15, 0.2) is 48.5 Å². The summed E-state index contributed by atoms with van der Waals surface area (Å²) >= 11 is 0. The molecule has 3 nitrogen and oxygen atoms in total. The Hall–Kier alpha value is -2.29. The van der Waals surface area contributed by atoms with Crippen molar-refractivity contribution in [2.24, 2.45) is 0 Å². The molecule has 2 aromatic carbocycles. The van der Waals surface area contributed by atoms with E-state index in [4.69, 9.17) is 4.74 Å². The summed E-state index contributed by atoms with van der Waals surface area (Å²) in [5.74, 6) is 0.760. The van der Waals surface area contributed by atoms with Crippen LogP contribution in [0.5, 0.6) is 5.75 Å². The van der Waals surface area contributed by atoms with Crippen LogP contribution in [0.4, 0.5) is 0 Å². The number of ether oxygens (including phenoxy) is 1. The monoisotopic (exact) mass is 311 g/mol. The molecule has 0 saturated heterocycles. The number of likely N-dealkylation sites (N-methyl/N-ethyl adjacent to an activating group) is 1. The van der Waals surface area contributed by atoms with Crippen molar-refractivity contribution < 1.29 is 9.53 Å². The Balaban J connectivity index is 2.04. The van der Waals surface area contributed by atoms with Crippen LogP contribution in [-0.2, 0) is 11.3 Å². The van der Waals surface area contributed by atoms with Gasteiger partial charge in [-0.05, 0) is 49.1 Å². The summed E-state index contributed by atoms with van der Waals surface area (Å²) in [5, 5.41) is 0. The van der Waals surface area contributed by atoms with Crippen molar-refractivity contribution in [1.29, 1.82) is 0 Å². The molecule has 0 aliphatic carbocycles. The molecule has 2 aromatic rings. The summed E-state index contributed by atoms with van der Waals surface area (Å²) in [6.07, 6.45) is 0.191. The van der Waals surface area contributed by atoms with Crippen molar-refractivity contribution in [2.45, 2.75) is 39.8 Å². The Morgan fingerprint density at radius 1 is 1.09 bits per heavy atom. The summed E-state index contributed by atoms with van der Waals surface area (Å²) < 4.78 is 5.93. The lowest BCUT2D eigenvalue weighted by atomic mass is 10.1. The number of amides is 1. The van der Waals surface area contributed by atoms with Gasteiger partial charge >= 0.3 is 0 Å². The Kier molecular flexibility index (Phi) is 5.80. The molecule has 0 fully saturated rings. The molecule has 0 radical (unpaired) electrons. The lowest BCUT2D eigenvalue weighted by Crippen LogP contribution is -2.39. The number of carbonyl (C=O) groups excluding carboxylic acids is 1. The predicted octanol–water partition coefficient (Wildman–Crippen LogP) is 4.12. The number of hydrogen-bond donors (Lipinski definition) is 0. The van der Waals surface area contributed by atoms with E-state index in [1.165, 1.54) is 11.1 Å². The van der Waals surface area contributed by atoms with E-state index in [0.29, 0.717) is 13.0 Å². The Morgan fingerprint density at radius 2 is 1.78 bits per heavy atom. The minimum absolute atomic E-state index is 0.00887. The molecule has 122 valence electrons. The van der Waals surface area contributed by atoms with E-state index >= 15 is 0 Å². The molecule has 0 heterocycles. The summed E-state index contributed by atoms with van der Waals surface area (Å²) in [6, 6.07) is 15.9. The molecule has 2 rings (SSSR count). The molecule has 0 aliphatic heterocycles. The van der Waals surface area contributed by atoms with Crippen molar-refractivity contribution in [2.75, 3.05) is 7.05 Å². The van der Waals surface area contributed by atoms with Crippen LogP contribution in [-0.4, -0.2) is 24.0 Å². The molecule has 1 amide bonds. The highest BCUT2D eigenvalue weighted by atomic mass is 16.5. The van der Waals surface area contributed by atoms with Gasteiger partial charge in [0.05, 0.1) is 0 Å². The molecule has 0 bridgehead atoms.